The molecule has 0 aromatic carbocycles. The van der Waals surface area contributed by atoms with Crippen LogP contribution < -0.4 is 5.32 Å². The smallest absolute Gasteiger partial charge is 0.0104 e. The minimum atomic E-state index is 0.652. The third-order valence-electron chi connectivity index (χ3n) is 3.30. The lowest BCUT2D eigenvalue weighted by Gasteiger charge is -2.23. The number of nitrogens with one attached hydrogen (secondary N) is 1. The molecule has 0 aromatic rings. The number of rotatable bonds is 11. The van der Waals surface area contributed by atoms with Gasteiger partial charge in [0, 0.05) is 6.04 Å². The summed E-state index contributed by atoms with van der Waals surface area (Å²) in [6.45, 7) is 11.8. The van der Waals surface area contributed by atoms with E-state index in [2.05, 4.69) is 38.7 Å². The molecule has 0 spiro atoms. The Balaban J connectivity index is 3.95. The van der Waals surface area contributed by atoms with Crippen LogP contribution in [0.5, 0.6) is 0 Å². The fourth-order valence-corrected chi connectivity index (χ4v) is 2.20. The Kier molecular flexibility index (Phi) is 11.0. The van der Waals surface area contributed by atoms with Crippen molar-refractivity contribution in [2.75, 3.05) is 6.54 Å². The largest absolute Gasteiger partial charge is 0.314 e. The molecule has 2 atom stereocenters. The molecule has 0 rings (SSSR count). The highest BCUT2D eigenvalue weighted by atomic mass is 14.9. The maximum absolute atomic E-state index is 3.86. The SMILES string of the molecule is C=CCC(CC(CC)CCCC)NCCC. The zero-order valence-corrected chi connectivity index (χ0v) is 11.6. The molecule has 0 aliphatic carbocycles. The highest BCUT2D eigenvalue weighted by molar-refractivity contribution is 4.80. The van der Waals surface area contributed by atoms with Gasteiger partial charge >= 0.3 is 0 Å². The second-order valence-corrected chi connectivity index (χ2v) is 4.83. The van der Waals surface area contributed by atoms with E-state index >= 15 is 0 Å². The summed E-state index contributed by atoms with van der Waals surface area (Å²) >= 11 is 0. The third-order valence-corrected chi connectivity index (χ3v) is 3.30. The van der Waals surface area contributed by atoms with Gasteiger partial charge in [0.25, 0.3) is 0 Å². The summed E-state index contributed by atoms with van der Waals surface area (Å²) in [5.74, 6) is 0.897. The molecule has 1 nitrogen and oxygen atoms in total. The Morgan fingerprint density at radius 1 is 1.19 bits per heavy atom. The fraction of sp³-hybridized carbons (Fsp3) is 0.867. The Bertz CT molecular complexity index is 154. The van der Waals surface area contributed by atoms with Crippen LogP contribution in [0.15, 0.2) is 12.7 Å². The second-order valence-electron chi connectivity index (χ2n) is 4.83. The maximum atomic E-state index is 3.86. The standard InChI is InChI=1S/C15H31N/c1-5-9-11-14(8-4)13-15(10-6-2)16-12-7-3/h6,14-16H,2,5,7-13H2,1,3-4H3. The lowest BCUT2D eigenvalue weighted by molar-refractivity contribution is 0.350. The van der Waals surface area contributed by atoms with E-state index in [9.17, 15) is 0 Å². The van der Waals surface area contributed by atoms with Crippen molar-refractivity contribution < 1.29 is 0 Å². The van der Waals surface area contributed by atoms with Crippen molar-refractivity contribution in [3.8, 4) is 0 Å². The van der Waals surface area contributed by atoms with E-state index in [-0.39, 0.29) is 0 Å². The van der Waals surface area contributed by atoms with Gasteiger partial charge in [0.05, 0.1) is 0 Å². The Morgan fingerprint density at radius 3 is 2.44 bits per heavy atom. The van der Waals surface area contributed by atoms with Gasteiger partial charge in [-0.15, -0.1) is 6.58 Å². The van der Waals surface area contributed by atoms with Crippen molar-refractivity contribution in [3.05, 3.63) is 12.7 Å². The lowest BCUT2D eigenvalue weighted by atomic mass is 9.91. The van der Waals surface area contributed by atoms with Crippen LogP contribution in [0.3, 0.4) is 0 Å². The summed E-state index contributed by atoms with van der Waals surface area (Å²) in [5, 5.41) is 3.64. The number of unbranched alkanes of at least 4 members (excludes halogenated alkanes) is 1. The molecule has 0 fully saturated rings. The second kappa shape index (κ2) is 11.2. The normalized spacial score (nSPS) is 14.7. The van der Waals surface area contributed by atoms with Crippen molar-refractivity contribution >= 4 is 0 Å². The summed E-state index contributed by atoms with van der Waals surface area (Å²) < 4.78 is 0. The average molecular weight is 225 g/mol. The predicted molar refractivity (Wildman–Crippen MR) is 74.8 cm³/mol. The Morgan fingerprint density at radius 2 is 1.94 bits per heavy atom. The van der Waals surface area contributed by atoms with E-state index in [4.69, 9.17) is 0 Å². The predicted octanol–water partition coefficient (Wildman–Crippen LogP) is 4.54. The van der Waals surface area contributed by atoms with Crippen molar-refractivity contribution in [1.29, 1.82) is 0 Å². The average Bonchev–Trinajstić information content (AvgIpc) is 2.31. The summed E-state index contributed by atoms with van der Waals surface area (Å²) in [5.41, 5.74) is 0. The van der Waals surface area contributed by atoms with E-state index in [1.807, 2.05) is 0 Å². The molecule has 0 saturated carbocycles. The molecule has 16 heavy (non-hydrogen) atoms. The van der Waals surface area contributed by atoms with Crippen LogP contribution in [0.25, 0.3) is 0 Å². The van der Waals surface area contributed by atoms with Gasteiger partial charge in [-0.25, -0.2) is 0 Å². The van der Waals surface area contributed by atoms with Gasteiger partial charge in [0.2, 0.25) is 0 Å². The molecule has 0 aliphatic heterocycles. The molecule has 0 saturated heterocycles. The number of hydrogen-bond acceptors (Lipinski definition) is 1. The van der Waals surface area contributed by atoms with Crippen LogP contribution in [0, 0.1) is 5.92 Å². The maximum Gasteiger partial charge on any atom is 0.0104 e. The number of hydrogen-bond donors (Lipinski definition) is 1. The quantitative estimate of drug-likeness (QED) is 0.509. The van der Waals surface area contributed by atoms with Gasteiger partial charge in [0.1, 0.15) is 0 Å². The molecule has 96 valence electrons. The van der Waals surface area contributed by atoms with Crippen LogP contribution in [0.2, 0.25) is 0 Å². The van der Waals surface area contributed by atoms with Gasteiger partial charge in [-0.2, -0.15) is 0 Å². The van der Waals surface area contributed by atoms with Crippen molar-refractivity contribution in [1.82, 2.24) is 5.32 Å². The topological polar surface area (TPSA) is 12.0 Å². The first-order chi connectivity index (χ1) is 7.78. The summed E-state index contributed by atoms with van der Waals surface area (Å²) in [6.07, 6.45) is 11.1. The van der Waals surface area contributed by atoms with E-state index in [0.29, 0.717) is 6.04 Å². The first kappa shape index (κ1) is 15.7. The Hall–Kier alpha value is -0.300. The zero-order chi connectivity index (χ0) is 12.2. The van der Waals surface area contributed by atoms with E-state index < -0.39 is 0 Å². The van der Waals surface area contributed by atoms with Gasteiger partial charge in [0.15, 0.2) is 0 Å². The highest BCUT2D eigenvalue weighted by Gasteiger charge is 2.13. The molecule has 1 N–H and O–H groups in total. The molecule has 0 aromatic heterocycles. The minimum absolute atomic E-state index is 0.652. The van der Waals surface area contributed by atoms with Crippen molar-refractivity contribution in [2.24, 2.45) is 5.92 Å². The highest BCUT2D eigenvalue weighted by Crippen LogP contribution is 2.19. The first-order valence-corrected chi connectivity index (χ1v) is 7.12. The van der Waals surface area contributed by atoms with E-state index in [0.717, 1.165) is 18.9 Å². The van der Waals surface area contributed by atoms with E-state index in [1.165, 1.54) is 38.5 Å². The monoisotopic (exact) mass is 225 g/mol. The summed E-state index contributed by atoms with van der Waals surface area (Å²) in [6, 6.07) is 0.652. The van der Waals surface area contributed by atoms with Crippen molar-refractivity contribution in [2.45, 2.75) is 71.8 Å². The minimum Gasteiger partial charge on any atom is -0.314 e. The van der Waals surface area contributed by atoms with Gasteiger partial charge < -0.3 is 5.32 Å². The van der Waals surface area contributed by atoms with Gasteiger partial charge in [-0.05, 0) is 31.7 Å². The van der Waals surface area contributed by atoms with Crippen LogP contribution >= 0.6 is 0 Å². The molecule has 1 heteroatoms. The molecular weight excluding hydrogens is 194 g/mol. The molecular formula is C15H31N. The van der Waals surface area contributed by atoms with Crippen LogP contribution in [-0.2, 0) is 0 Å². The van der Waals surface area contributed by atoms with Gasteiger partial charge in [-0.3, -0.25) is 0 Å². The summed E-state index contributed by atoms with van der Waals surface area (Å²) in [7, 11) is 0. The lowest BCUT2D eigenvalue weighted by Crippen LogP contribution is -2.31. The van der Waals surface area contributed by atoms with Crippen LogP contribution in [0.4, 0.5) is 0 Å². The molecule has 2 unspecified atom stereocenters. The van der Waals surface area contributed by atoms with Crippen LogP contribution in [0.1, 0.15) is 65.7 Å². The molecule has 0 heterocycles. The third kappa shape index (κ3) is 7.92. The molecule has 0 amide bonds. The van der Waals surface area contributed by atoms with E-state index in [1.54, 1.807) is 0 Å². The van der Waals surface area contributed by atoms with Crippen LogP contribution in [-0.4, -0.2) is 12.6 Å². The first-order valence-electron chi connectivity index (χ1n) is 7.12. The molecule has 0 bridgehead atoms. The van der Waals surface area contributed by atoms with Gasteiger partial charge in [-0.1, -0.05) is 52.5 Å². The Labute approximate surface area is 103 Å². The molecule has 0 radical (unpaired) electrons. The fourth-order valence-electron chi connectivity index (χ4n) is 2.20. The summed E-state index contributed by atoms with van der Waals surface area (Å²) in [4.78, 5) is 0. The van der Waals surface area contributed by atoms with Crippen molar-refractivity contribution in [3.63, 3.8) is 0 Å². The molecule has 0 aliphatic rings. The zero-order valence-electron chi connectivity index (χ0n) is 11.6.